The lowest BCUT2D eigenvalue weighted by molar-refractivity contribution is 0.415. The molecule has 116 valence electrons. The Morgan fingerprint density at radius 3 is 1.53 bits per heavy atom. The predicted octanol–water partition coefficient (Wildman–Crippen LogP) is 5.93. The van der Waals surface area contributed by atoms with Crippen LogP contribution in [0.1, 0.15) is 98.8 Å². The highest BCUT2D eigenvalue weighted by atomic mass is 14.9. The van der Waals surface area contributed by atoms with Crippen molar-refractivity contribution in [3.63, 3.8) is 0 Å². The second-order valence-electron chi connectivity index (χ2n) is 7.54. The van der Waals surface area contributed by atoms with Crippen LogP contribution >= 0.6 is 0 Å². The molecule has 0 aromatic carbocycles. The highest BCUT2D eigenvalue weighted by Crippen LogP contribution is 2.13. The summed E-state index contributed by atoms with van der Waals surface area (Å²) in [6.07, 6.45) is 14.3. The van der Waals surface area contributed by atoms with Gasteiger partial charge in [0.25, 0.3) is 0 Å². The molecule has 0 saturated carbocycles. The zero-order chi connectivity index (χ0) is 14.6. The summed E-state index contributed by atoms with van der Waals surface area (Å²) in [5, 5.41) is 3.56. The first-order valence-corrected chi connectivity index (χ1v) is 8.67. The molecule has 0 aliphatic rings. The van der Waals surface area contributed by atoms with E-state index in [1.165, 1.54) is 70.8 Å². The van der Waals surface area contributed by atoms with E-state index in [1.54, 1.807) is 0 Å². The molecule has 19 heavy (non-hydrogen) atoms. The molecule has 0 aromatic rings. The van der Waals surface area contributed by atoms with E-state index in [0.29, 0.717) is 0 Å². The summed E-state index contributed by atoms with van der Waals surface area (Å²) >= 11 is 0. The minimum atomic E-state index is 0.288. The molecule has 0 fully saturated rings. The minimum Gasteiger partial charge on any atom is -0.312 e. The van der Waals surface area contributed by atoms with Crippen LogP contribution in [-0.4, -0.2) is 12.1 Å². The third kappa shape index (κ3) is 18.0. The van der Waals surface area contributed by atoms with Crippen molar-refractivity contribution in [1.29, 1.82) is 0 Å². The third-order valence-electron chi connectivity index (χ3n) is 3.61. The zero-order valence-corrected chi connectivity index (χ0v) is 14.4. The van der Waals surface area contributed by atoms with Crippen LogP contribution in [0.4, 0.5) is 0 Å². The summed E-state index contributed by atoms with van der Waals surface area (Å²) in [4.78, 5) is 0. The molecule has 0 aromatic heterocycles. The normalized spacial score (nSPS) is 12.3. The van der Waals surface area contributed by atoms with Crippen LogP contribution in [0.5, 0.6) is 0 Å². The molecule has 0 rings (SSSR count). The lowest BCUT2D eigenvalue weighted by Gasteiger charge is -2.20. The molecule has 1 heteroatoms. The summed E-state index contributed by atoms with van der Waals surface area (Å²) in [5.41, 5.74) is 0.288. The molecule has 0 amide bonds. The SMILES string of the molecule is CC(C)CCCCCCCCCCCNC(C)(C)C. The van der Waals surface area contributed by atoms with Gasteiger partial charge in [0, 0.05) is 5.54 Å². The van der Waals surface area contributed by atoms with E-state index in [2.05, 4.69) is 39.9 Å². The maximum atomic E-state index is 3.56. The van der Waals surface area contributed by atoms with Crippen molar-refractivity contribution in [3.8, 4) is 0 Å². The number of rotatable bonds is 12. The molecule has 0 heterocycles. The van der Waals surface area contributed by atoms with Crippen LogP contribution in [0.2, 0.25) is 0 Å². The number of nitrogens with one attached hydrogen (secondary N) is 1. The molecular formula is C18H39N. The van der Waals surface area contributed by atoms with Crippen molar-refractivity contribution in [2.45, 2.75) is 104 Å². The van der Waals surface area contributed by atoms with Crippen LogP contribution in [0.25, 0.3) is 0 Å². The van der Waals surface area contributed by atoms with Crippen molar-refractivity contribution in [3.05, 3.63) is 0 Å². The van der Waals surface area contributed by atoms with E-state index >= 15 is 0 Å². The van der Waals surface area contributed by atoms with Gasteiger partial charge in [-0.25, -0.2) is 0 Å². The average Bonchev–Trinajstić information content (AvgIpc) is 2.28. The van der Waals surface area contributed by atoms with Gasteiger partial charge in [0.05, 0.1) is 0 Å². The lowest BCUT2D eigenvalue weighted by atomic mass is 10.0. The molecule has 0 spiro atoms. The highest BCUT2D eigenvalue weighted by molar-refractivity contribution is 4.69. The minimum absolute atomic E-state index is 0.288. The van der Waals surface area contributed by atoms with Gasteiger partial charge in [0.1, 0.15) is 0 Å². The van der Waals surface area contributed by atoms with Gasteiger partial charge in [0.15, 0.2) is 0 Å². The Morgan fingerprint density at radius 2 is 1.11 bits per heavy atom. The Labute approximate surface area is 122 Å². The lowest BCUT2D eigenvalue weighted by Crippen LogP contribution is -2.36. The quantitative estimate of drug-likeness (QED) is 0.433. The standard InChI is InChI=1S/C18H39N/c1-17(2)15-13-11-9-7-6-8-10-12-14-16-19-18(3,4)5/h17,19H,6-16H2,1-5H3. The highest BCUT2D eigenvalue weighted by Gasteiger charge is 2.06. The molecular weight excluding hydrogens is 230 g/mol. The molecule has 1 nitrogen and oxygen atoms in total. The van der Waals surface area contributed by atoms with Crippen molar-refractivity contribution in [2.24, 2.45) is 5.92 Å². The van der Waals surface area contributed by atoms with Crippen LogP contribution in [-0.2, 0) is 0 Å². The second kappa shape index (κ2) is 11.8. The molecule has 1 N–H and O–H groups in total. The van der Waals surface area contributed by atoms with Gasteiger partial charge >= 0.3 is 0 Å². The molecule has 0 aliphatic heterocycles. The van der Waals surface area contributed by atoms with Crippen LogP contribution in [0, 0.1) is 5.92 Å². The third-order valence-corrected chi connectivity index (χ3v) is 3.61. The number of unbranched alkanes of at least 4 members (excludes halogenated alkanes) is 8. The Kier molecular flexibility index (Phi) is 11.7. The molecule has 0 saturated heterocycles. The van der Waals surface area contributed by atoms with Gasteiger partial charge in [-0.1, -0.05) is 71.6 Å². The van der Waals surface area contributed by atoms with Crippen molar-refractivity contribution in [2.75, 3.05) is 6.54 Å². The summed E-state index contributed by atoms with van der Waals surface area (Å²) < 4.78 is 0. The zero-order valence-electron chi connectivity index (χ0n) is 14.4. The van der Waals surface area contributed by atoms with Crippen LogP contribution in [0.3, 0.4) is 0 Å². The van der Waals surface area contributed by atoms with Crippen molar-refractivity contribution >= 4 is 0 Å². The molecule has 0 atom stereocenters. The monoisotopic (exact) mass is 269 g/mol. The maximum absolute atomic E-state index is 3.56. The first kappa shape index (κ1) is 19.0. The second-order valence-corrected chi connectivity index (χ2v) is 7.54. The van der Waals surface area contributed by atoms with Gasteiger partial charge in [-0.05, 0) is 39.7 Å². The predicted molar refractivity (Wildman–Crippen MR) is 88.8 cm³/mol. The Bertz CT molecular complexity index is 179. The first-order valence-electron chi connectivity index (χ1n) is 8.67. The Morgan fingerprint density at radius 1 is 0.684 bits per heavy atom. The van der Waals surface area contributed by atoms with Crippen LogP contribution < -0.4 is 5.32 Å². The number of hydrogen-bond acceptors (Lipinski definition) is 1. The summed E-state index contributed by atoms with van der Waals surface area (Å²) in [6.45, 7) is 12.6. The van der Waals surface area contributed by atoms with Gasteiger partial charge in [-0.2, -0.15) is 0 Å². The van der Waals surface area contributed by atoms with E-state index in [9.17, 15) is 0 Å². The van der Waals surface area contributed by atoms with Gasteiger partial charge in [0.2, 0.25) is 0 Å². The van der Waals surface area contributed by atoms with E-state index in [-0.39, 0.29) is 5.54 Å². The largest absolute Gasteiger partial charge is 0.312 e. The molecule has 0 bridgehead atoms. The smallest absolute Gasteiger partial charge is 0.00965 e. The fraction of sp³-hybridized carbons (Fsp3) is 1.00. The van der Waals surface area contributed by atoms with Gasteiger partial charge in [-0.15, -0.1) is 0 Å². The van der Waals surface area contributed by atoms with Gasteiger partial charge < -0.3 is 5.32 Å². The van der Waals surface area contributed by atoms with E-state index < -0.39 is 0 Å². The summed E-state index contributed by atoms with van der Waals surface area (Å²) in [6, 6.07) is 0. The topological polar surface area (TPSA) is 12.0 Å². The van der Waals surface area contributed by atoms with E-state index in [4.69, 9.17) is 0 Å². The fourth-order valence-corrected chi connectivity index (χ4v) is 2.38. The van der Waals surface area contributed by atoms with E-state index in [1.807, 2.05) is 0 Å². The average molecular weight is 270 g/mol. The number of hydrogen-bond donors (Lipinski definition) is 1. The van der Waals surface area contributed by atoms with Gasteiger partial charge in [-0.3, -0.25) is 0 Å². The fourth-order valence-electron chi connectivity index (χ4n) is 2.38. The molecule has 0 aliphatic carbocycles. The van der Waals surface area contributed by atoms with E-state index in [0.717, 1.165) is 5.92 Å². The summed E-state index contributed by atoms with van der Waals surface area (Å²) in [7, 11) is 0. The summed E-state index contributed by atoms with van der Waals surface area (Å²) in [5.74, 6) is 0.890. The first-order chi connectivity index (χ1) is 8.92. The molecule has 0 radical (unpaired) electrons. The molecule has 0 unspecified atom stereocenters. The Hall–Kier alpha value is -0.0400. The Balaban J connectivity index is 3.03. The maximum Gasteiger partial charge on any atom is 0.00965 e. The van der Waals surface area contributed by atoms with Crippen molar-refractivity contribution < 1.29 is 0 Å². The van der Waals surface area contributed by atoms with Crippen LogP contribution in [0.15, 0.2) is 0 Å². The van der Waals surface area contributed by atoms with Crippen molar-refractivity contribution in [1.82, 2.24) is 5.32 Å².